The number of rotatable bonds is 1. The number of hydrogen-bond donors (Lipinski definition) is 0. The molecule has 0 spiro atoms. The third-order valence-electron chi connectivity index (χ3n) is 1.61. The van der Waals surface area contributed by atoms with Gasteiger partial charge < -0.3 is 0 Å². The molecule has 2 rings (SSSR count). The van der Waals surface area contributed by atoms with Gasteiger partial charge in [0.15, 0.2) is 4.84 Å². The Hall–Kier alpha value is -0.730. The fraction of sp³-hybridized carbons (Fsp3) is 0.125. The molecule has 0 aliphatic carbocycles. The molecular weight excluding hydrogens is 195 g/mol. The summed E-state index contributed by atoms with van der Waals surface area (Å²) in [5.41, 5.74) is 1.68. The van der Waals surface area contributed by atoms with Crippen LogP contribution in [0.3, 0.4) is 0 Å². The Balaban J connectivity index is 2.62. The summed E-state index contributed by atoms with van der Waals surface area (Å²) < 4.78 is 1.74. The van der Waals surface area contributed by atoms with Crippen molar-refractivity contribution in [2.45, 2.75) is 4.84 Å². The molecule has 0 aliphatic rings. The molecule has 2 aromatic heterocycles. The lowest BCUT2D eigenvalue weighted by Gasteiger charge is -1.90. The molecule has 0 aromatic carbocycles. The summed E-state index contributed by atoms with van der Waals surface area (Å²) >= 11 is 11.3. The second-order valence-corrected chi connectivity index (χ2v) is 3.54. The van der Waals surface area contributed by atoms with Gasteiger partial charge in [0.05, 0.1) is 11.2 Å². The molecule has 0 saturated carbocycles. The van der Waals surface area contributed by atoms with Gasteiger partial charge in [-0.3, -0.25) is 0 Å². The summed E-state index contributed by atoms with van der Waals surface area (Å²) in [5.74, 6) is 0. The number of fused-ring (bicyclic) bond motifs is 1. The molecule has 0 radical (unpaired) electrons. The molecule has 2 heterocycles. The van der Waals surface area contributed by atoms with Gasteiger partial charge in [0.1, 0.15) is 0 Å². The summed E-state index contributed by atoms with van der Waals surface area (Å²) in [7, 11) is 0. The van der Waals surface area contributed by atoms with Gasteiger partial charge in [0.2, 0.25) is 0 Å². The first kappa shape index (κ1) is 7.90. The Kier molecular flexibility index (Phi) is 1.95. The van der Waals surface area contributed by atoms with E-state index in [9.17, 15) is 0 Å². The van der Waals surface area contributed by atoms with Crippen LogP contribution in [-0.2, 0) is 0 Å². The Morgan fingerprint density at radius 2 is 2.17 bits per heavy atom. The van der Waals surface area contributed by atoms with Crippen LogP contribution in [0.1, 0.15) is 10.5 Å². The maximum atomic E-state index is 5.66. The Bertz CT molecular complexity index is 362. The highest BCUT2D eigenvalue weighted by atomic mass is 35.5. The summed E-state index contributed by atoms with van der Waals surface area (Å²) in [6.07, 6.45) is 1.86. The van der Waals surface area contributed by atoms with E-state index in [1.807, 2.05) is 30.5 Å². The molecule has 2 aromatic rings. The highest BCUT2D eigenvalue weighted by Crippen LogP contribution is 2.23. The van der Waals surface area contributed by atoms with Crippen LogP contribution in [0.15, 0.2) is 30.5 Å². The maximum Gasteiger partial charge on any atom is 0.151 e. The van der Waals surface area contributed by atoms with Crippen molar-refractivity contribution < 1.29 is 0 Å². The van der Waals surface area contributed by atoms with Gasteiger partial charge in [-0.2, -0.15) is 5.10 Å². The number of halogens is 2. The lowest BCUT2D eigenvalue weighted by atomic mass is 10.4. The summed E-state index contributed by atoms with van der Waals surface area (Å²) in [6.45, 7) is 0. The third-order valence-corrected chi connectivity index (χ3v) is 2.06. The van der Waals surface area contributed by atoms with Gasteiger partial charge in [0, 0.05) is 6.20 Å². The normalized spacial score (nSPS) is 11.2. The van der Waals surface area contributed by atoms with Crippen molar-refractivity contribution >= 4 is 28.7 Å². The van der Waals surface area contributed by atoms with Crippen molar-refractivity contribution in [2.75, 3.05) is 0 Å². The zero-order valence-electron chi connectivity index (χ0n) is 6.11. The maximum absolute atomic E-state index is 5.66. The summed E-state index contributed by atoms with van der Waals surface area (Å²) in [4.78, 5) is -0.551. The molecule has 0 saturated heterocycles. The van der Waals surface area contributed by atoms with Crippen LogP contribution in [0.2, 0.25) is 0 Å². The van der Waals surface area contributed by atoms with Crippen LogP contribution in [0, 0.1) is 0 Å². The van der Waals surface area contributed by atoms with E-state index >= 15 is 0 Å². The van der Waals surface area contributed by atoms with Crippen molar-refractivity contribution in [3.05, 3.63) is 36.2 Å². The minimum atomic E-state index is -0.551. The molecule has 0 amide bonds. The van der Waals surface area contributed by atoms with E-state index in [2.05, 4.69) is 5.10 Å². The minimum Gasteiger partial charge on any atom is -0.241 e. The SMILES string of the molecule is ClC(Cl)c1cc2ccccn2n1. The van der Waals surface area contributed by atoms with Crippen LogP contribution < -0.4 is 0 Å². The number of pyridine rings is 1. The van der Waals surface area contributed by atoms with E-state index in [4.69, 9.17) is 23.2 Å². The van der Waals surface area contributed by atoms with Crippen molar-refractivity contribution in [2.24, 2.45) is 0 Å². The molecule has 0 unspecified atom stereocenters. The van der Waals surface area contributed by atoms with Gasteiger partial charge in [-0.1, -0.05) is 29.3 Å². The van der Waals surface area contributed by atoms with Gasteiger partial charge in [0.25, 0.3) is 0 Å². The number of alkyl halides is 2. The first-order valence-corrected chi connectivity index (χ1v) is 4.37. The van der Waals surface area contributed by atoms with E-state index in [0.29, 0.717) is 5.69 Å². The molecule has 62 valence electrons. The standard InChI is InChI=1S/C8H6Cl2N2/c9-8(10)7-5-6-3-1-2-4-12(6)11-7/h1-5,8H. The molecule has 0 atom stereocenters. The van der Waals surface area contributed by atoms with Crippen molar-refractivity contribution in [1.82, 2.24) is 9.61 Å². The molecule has 0 bridgehead atoms. The molecular formula is C8H6Cl2N2. The first-order valence-electron chi connectivity index (χ1n) is 3.50. The van der Waals surface area contributed by atoms with Crippen LogP contribution in [0.4, 0.5) is 0 Å². The first-order chi connectivity index (χ1) is 5.77. The van der Waals surface area contributed by atoms with E-state index in [-0.39, 0.29) is 0 Å². The largest absolute Gasteiger partial charge is 0.241 e. The lowest BCUT2D eigenvalue weighted by Crippen LogP contribution is -1.86. The molecule has 0 aliphatic heterocycles. The fourth-order valence-corrected chi connectivity index (χ4v) is 1.28. The van der Waals surface area contributed by atoms with E-state index in [0.717, 1.165) is 5.52 Å². The highest BCUT2D eigenvalue weighted by Gasteiger charge is 2.07. The van der Waals surface area contributed by atoms with E-state index in [1.54, 1.807) is 4.52 Å². The van der Waals surface area contributed by atoms with Gasteiger partial charge in [-0.25, -0.2) is 4.52 Å². The van der Waals surface area contributed by atoms with Crippen LogP contribution in [0.5, 0.6) is 0 Å². The predicted octanol–water partition coefficient (Wildman–Crippen LogP) is 2.81. The average Bonchev–Trinajstić information content (AvgIpc) is 2.46. The average molecular weight is 201 g/mol. The Morgan fingerprint density at radius 1 is 1.33 bits per heavy atom. The predicted molar refractivity (Wildman–Crippen MR) is 49.6 cm³/mol. The van der Waals surface area contributed by atoms with Crippen molar-refractivity contribution in [3.8, 4) is 0 Å². The highest BCUT2D eigenvalue weighted by molar-refractivity contribution is 6.43. The molecule has 0 fully saturated rings. The quantitative estimate of drug-likeness (QED) is 0.648. The Labute approximate surface area is 79.7 Å². The van der Waals surface area contributed by atoms with Crippen LogP contribution in [-0.4, -0.2) is 9.61 Å². The summed E-state index contributed by atoms with van der Waals surface area (Å²) in [6, 6.07) is 7.66. The second kappa shape index (κ2) is 2.96. The summed E-state index contributed by atoms with van der Waals surface area (Å²) in [5, 5.41) is 4.16. The van der Waals surface area contributed by atoms with E-state index < -0.39 is 4.84 Å². The van der Waals surface area contributed by atoms with Gasteiger partial charge in [-0.05, 0) is 18.2 Å². The third kappa shape index (κ3) is 1.28. The molecule has 0 N–H and O–H groups in total. The van der Waals surface area contributed by atoms with Crippen LogP contribution in [0.25, 0.3) is 5.52 Å². The smallest absolute Gasteiger partial charge is 0.151 e. The zero-order valence-corrected chi connectivity index (χ0v) is 7.63. The molecule has 12 heavy (non-hydrogen) atoms. The Morgan fingerprint density at radius 3 is 2.83 bits per heavy atom. The monoisotopic (exact) mass is 200 g/mol. The molecule has 4 heteroatoms. The number of hydrogen-bond acceptors (Lipinski definition) is 1. The number of nitrogens with zero attached hydrogens (tertiary/aromatic N) is 2. The minimum absolute atomic E-state index is 0.551. The lowest BCUT2D eigenvalue weighted by molar-refractivity contribution is 0.923. The van der Waals surface area contributed by atoms with Gasteiger partial charge in [-0.15, -0.1) is 0 Å². The van der Waals surface area contributed by atoms with Gasteiger partial charge >= 0.3 is 0 Å². The van der Waals surface area contributed by atoms with Crippen molar-refractivity contribution in [3.63, 3.8) is 0 Å². The zero-order chi connectivity index (χ0) is 8.55. The van der Waals surface area contributed by atoms with Crippen molar-refractivity contribution in [1.29, 1.82) is 0 Å². The second-order valence-electron chi connectivity index (χ2n) is 2.44. The topological polar surface area (TPSA) is 17.3 Å². The molecule has 2 nitrogen and oxygen atoms in total. The van der Waals surface area contributed by atoms with Crippen LogP contribution >= 0.6 is 23.2 Å². The fourth-order valence-electron chi connectivity index (χ4n) is 1.06. The number of aromatic nitrogens is 2. The van der Waals surface area contributed by atoms with E-state index in [1.165, 1.54) is 0 Å².